The Morgan fingerprint density at radius 3 is 2.32 bits per heavy atom. The average Bonchev–Trinajstić information content (AvgIpc) is 2.83. The Hall–Kier alpha value is -1.96. The zero-order valence-electron chi connectivity index (χ0n) is 9.58. The highest BCUT2D eigenvalue weighted by Crippen LogP contribution is 2.22. The molecular weight excluding hydrogens is 266 g/mol. The van der Waals surface area contributed by atoms with E-state index < -0.39 is 29.0 Å². The molecule has 0 saturated carbocycles. The van der Waals surface area contributed by atoms with E-state index >= 15 is 0 Å². The maximum atomic E-state index is 13.5. The van der Waals surface area contributed by atoms with E-state index in [1.165, 1.54) is 0 Å². The molecule has 2 rings (SSSR count). The van der Waals surface area contributed by atoms with Gasteiger partial charge in [-0.15, -0.1) is 5.10 Å². The molecule has 102 valence electrons. The van der Waals surface area contributed by atoms with Crippen LogP contribution in [0.1, 0.15) is 12.1 Å². The van der Waals surface area contributed by atoms with Crippen molar-refractivity contribution in [1.82, 2.24) is 15.0 Å². The number of rotatable bonds is 4. The number of nitrogens with zero attached hydrogens (tertiary/aromatic N) is 3. The van der Waals surface area contributed by atoms with E-state index in [4.69, 9.17) is 5.11 Å². The van der Waals surface area contributed by atoms with Gasteiger partial charge < -0.3 is 5.11 Å². The normalized spacial score (nSPS) is 11.0. The first-order valence-corrected chi connectivity index (χ1v) is 5.40. The predicted molar refractivity (Wildman–Crippen MR) is 56.6 cm³/mol. The van der Waals surface area contributed by atoms with Gasteiger partial charge in [-0.1, -0.05) is 5.21 Å². The van der Waals surface area contributed by atoms with Gasteiger partial charge >= 0.3 is 0 Å². The molecule has 1 heterocycles. The maximum Gasteiger partial charge on any atom is 0.187 e. The Balaban J connectivity index is 2.44. The van der Waals surface area contributed by atoms with Gasteiger partial charge in [0.05, 0.1) is 11.9 Å². The fourth-order valence-corrected chi connectivity index (χ4v) is 1.54. The molecule has 2 aromatic rings. The lowest BCUT2D eigenvalue weighted by Crippen LogP contribution is -2.07. The van der Waals surface area contributed by atoms with Crippen LogP contribution in [0.25, 0.3) is 5.69 Å². The van der Waals surface area contributed by atoms with Gasteiger partial charge in [0.1, 0.15) is 5.69 Å². The topological polar surface area (TPSA) is 50.9 Å². The molecule has 1 N–H and O–H groups in total. The third kappa shape index (κ3) is 2.58. The zero-order chi connectivity index (χ0) is 14.0. The average molecular weight is 275 g/mol. The molecule has 0 aliphatic heterocycles. The van der Waals surface area contributed by atoms with Gasteiger partial charge in [0.15, 0.2) is 23.3 Å². The van der Waals surface area contributed by atoms with Crippen molar-refractivity contribution in [3.63, 3.8) is 0 Å². The van der Waals surface area contributed by atoms with Gasteiger partial charge in [0.2, 0.25) is 0 Å². The Morgan fingerprint density at radius 1 is 1.11 bits per heavy atom. The summed E-state index contributed by atoms with van der Waals surface area (Å²) in [7, 11) is 0. The summed E-state index contributed by atoms with van der Waals surface area (Å²) in [6.45, 7) is -0.0792. The van der Waals surface area contributed by atoms with Crippen LogP contribution in [-0.2, 0) is 6.42 Å². The molecule has 0 radical (unpaired) electrons. The largest absolute Gasteiger partial charge is 0.396 e. The predicted octanol–water partition coefficient (Wildman–Crippen LogP) is 1.75. The van der Waals surface area contributed by atoms with Gasteiger partial charge in [-0.25, -0.2) is 22.2 Å². The van der Waals surface area contributed by atoms with Crippen LogP contribution >= 0.6 is 0 Å². The monoisotopic (exact) mass is 275 g/mol. The number of aromatic nitrogens is 3. The molecule has 0 saturated heterocycles. The van der Waals surface area contributed by atoms with E-state index in [0.717, 1.165) is 6.20 Å². The maximum absolute atomic E-state index is 13.5. The fraction of sp³-hybridized carbons (Fsp3) is 0.273. The Bertz CT molecular complexity index is 574. The summed E-state index contributed by atoms with van der Waals surface area (Å²) < 4.78 is 53.7. The van der Waals surface area contributed by atoms with E-state index in [9.17, 15) is 17.6 Å². The van der Waals surface area contributed by atoms with Crippen LogP contribution in [0.2, 0.25) is 0 Å². The summed E-state index contributed by atoms with van der Waals surface area (Å²) in [4.78, 5) is 0. The Morgan fingerprint density at radius 2 is 1.74 bits per heavy atom. The zero-order valence-corrected chi connectivity index (χ0v) is 9.58. The van der Waals surface area contributed by atoms with Gasteiger partial charge in [-0.2, -0.15) is 0 Å². The van der Waals surface area contributed by atoms with Crippen LogP contribution in [-0.4, -0.2) is 26.7 Å². The first-order chi connectivity index (χ1) is 9.04. The Kier molecular flexibility index (Phi) is 3.79. The highest BCUT2D eigenvalue weighted by molar-refractivity contribution is 5.36. The first-order valence-electron chi connectivity index (χ1n) is 5.40. The summed E-state index contributed by atoms with van der Waals surface area (Å²) in [5, 5.41) is 15.6. The van der Waals surface area contributed by atoms with Crippen LogP contribution in [0.4, 0.5) is 17.6 Å². The van der Waals surface area contributed by atoms with Crippen molar-refractivity contribution in [2.24, 2.45) is 0 Å². The second kappa shape index (κ2) is 5.35. The minimum atomic E-state index is -1.54. The van der Waals surface area contributed by atoms with Crippen molar-refractivity contribution in [3.05, 3.63) is 41.2 Å². The second-order valence-electron chi connectivity index (χ2n) is 3.80. The number of benzene rings is 1. The molecule has 0 unspecified atom stereocenters. The van der Waals surface area contributed by atoms with Gasteiger partial charge in [0, 0.05) is 12.7 Å². The van der Waals surface area contributed by atoms with Crippen molar-refractivity contribution >= 4 is 0 Å². The number of halogens is 4. The summed E-state index contributed by atoms with van der Waals surface area (Å²) in [5.74, 6) is -6.11. The molecule has 0 bridgehead atoms. The van der Waals surface area contributed by atoms with E-state index in [-0.39, 0.29) is 12.7 Å². The minimum Gasteiger partial charge on any atom is -0.396 e. The SMILES string of the molecule is OCCCc1cn(-c2c(F)c(F)cc(F)c2F)nn1. The summed E-state index contributed by atoms with van der Waals surface area (Å²) in [5.41, 5.74) is -0.613. The third-order valence-electron chi connectivity index (χ3n) is 2.45. The second-order valence-corrected chi connectivity index (χ2v) is 3.80. The quantitative estimate of drug-likeness (QED) is 0.683. The molecular formula is C11H9F4N3O. The smallest absolute Gasteiger partial charge is 0.187 e. The number of aliphatic hydroxyl groups excluding tert-OH is 1. The molecule has 19 heavy (non-hydrogen) atoms. The minimum absolute atomic E-state index is 0.0792. The molecule has 1 aromatic carbocycles. The molecule has 0 aliphatic carbocycles. The summed E-state index contributed by atoms with van der Waals surface area (Å²) >= 11 is 0. The highest BCUT2D eigenvalue weighted by Gasteiger charge is 2.21. The molecule has 1 aromatic heterocycles. The van der Waals surface area contributed by atoms with Crippen molar-refractivity contribution in [2.75, 3.05) is 6.61 Å². The number of hydrogen-bond donors (Lipinski definition) is 1. The van der Waals surface area contributed by atoms with Crippen LogP contribution in [0.15, 0.2) is 12.3 Å². The van der Waals surface area contributed by atoms with Crippen molar-refractivity contribution < 1.29 is 22.7 Å². The van der Waals surface area contributed by atoms with Crippen LogP contribution in [0, 0.1) is 23.3 Å². The summed E-state index contributed by atoms with van der Waals surface area (Å²) in [6, 6.07) is 0.123. The molecule has 0 fully saturated rings. The number of aryl methyl sites for hydroxylation is 1. The molecule has 0 atom stereocenters. The fourth-order valence-electron chi connectivity index (χ4n) is 1.54. The lowest BCUT2D eigenvalue weighted by molar-refractivity contribution is 0.288. The van der Waals surface area contributed by atoms with E-state index in [2.05, 4.69) is 10.3 Å². The third-order valence-corrected chi connectivity index (χ3v) is 2.45. The van der Waals surface area contributed by atoms with Crippen molar-refractivity contribution in [1.29, 1.82) is 0 Å². The van der Waals surface area contributed by atoms with Crippen LogP contribution in [0.5, 0.6) is 0 Å². The van der Waals surface area contributed by atoms with Gasteiger partial charge in [0.25, 0.3) is 0 Å². The molecule has 8 heteroatoms. The van der Waals surface area contributed by atoms with Crippen molar-refractivity contribution in [2.45, 2.75) is 12.8 Å². The lowest BCUT2D eigenvalue weighted by atomic mass is 10.2. The molecule has 0 amide bonds. The summed E-state index contributed by atoms with van der Waals surface area (Å²) in [6.07, 6.45) is 1.87. The first kappa shape index (κ1) is 13.5. The Labute approximate surface area is 105 Å². The van der Waals surface area contributed by atoms with Crippen LogP contribution < -0.4 is 0 Å². The van der Waals surface area contributed by atoms with Crippen molar-refractivity contribution in [3.8, 4) is 5.69 Å². The molecule has 4 nitrogen and oxygen atoms in total. The number of hydrogen-bond acceptors (Lipinski definition) is 3. The highest BCUT2D eigenvalue weighted by atomic mass is 19.2. The van der Waals surface area contributed by atoms with Crippen LogP contribution in [0.3, 0.4) is 0 Å². The van der Waals surface area contributed by atoms with E-state index in [1.807, 2.05) is 0 Å². The molecule has 0 aliphatic rings. The van der Waals surface area contributed by atoms with Gasteiger partial charge in [-0.05, 0) is 12.8 Å². The van der Waals surface area contributed by atoms with E-state index in [1.54, 1.807) is 0 Å². The van der Waals surface area contributed by atoms with E-state index in [0.29, 0.717) is 23.2 Å². The standard InChI is InChI=1S/C11H9F4N3O/c12-7-4-8(13)10(15)11(9(7)14)18-5-6(16-17-18)2-1-3-19/h4-5,19H,1-3H2. The molecule has 0 spiro atoms. The lowest BCUT2D eigenvalue weighted by Gasteiger charge is -2.05. The van der Waals surface area contributed by atoms with Gasteiger partial charge in [-0.3, -0.25) is 0 Å². The number of aliphatic hydroxyl groups is 1.